The van der Waals surface area contributed by atoms with E-state index in [0.717, 1.165) is 22.2 Å². The number of hydrogen-bond acceptors (Lipinski definition) is 6. The Labute approximate surface area is 166 Å². The summed E-state index contributed by atoms with van der Waals surface area (Å²) in [6.07, 6.45) is -4.38. The van der Waals surface area contributed by atoms with E-state index in [-0.39, 0.29) is 6.61 Å². The molecule has 0 aromatic heterocycles. The van der Waals surface area contributed by atoms with Crippen LogP contribution in [-0.4, -0.2) is 40.9 Å². The molecule has 0 aliphatic carbocycles. The first-order valence-corrected chi connectivity index (χ1v) is 9.86. The van der Waals surface area contributed by atoms with Gasteiger partial charge in [0.2, 0.25) is 6.36 Å². The topological polar surface area (TPSA) is 70.8 Å². The fourth-order valence-electron chi connectivity index (χ4n) is 3.63. The third-order valence-corrected chi connectivity index (χ3v) is 6.68. The maximum atomic E-state index is 14.9. The standard InChI is InChI=1S/C20H20FNO5S/c1-20(22(23)24)16-15(12-25-19(27-16)13-8-4-2-5-9-13)26-18(21)17(20)28-14-10-6-3-7-11-14/h2-11,15-19H,12H2,1H3/t15-,16-,17+,18-,19-,20+/m0/s1. The molecule has 0 bridgehead atoms. The third kappa shape index (κ3) is 3.41. The molecule has 2 aromatic carbocycles. The number of fused-ring (bicyclic) bond motifs is 1. The van der Waals surface area contributed by atoms with Crippen LogP contribution in [0.25, 0.3) is 0 Å². The molecule has 28 heavy (non-hydrogen) atoms. The van der Waals surface area contributed by atoms with Gasteiger partial charge in [0.05, 0.1) is 6.61 Å². The maximum Gasteiger partial charge on any atom is 0.265 e. The Morgan fingerprint density at radius 1 is 1.11 bits per heavy atom. The largest absolute Gasteiger partial charge is 0.346 e. The Morgan fingerprint density at radius 2 is 1.75 bits per heavy atom. The van der Waals surface area contributed by atoms with E-state index >= 15 is 0 Å². The highest BCUT2D eigenvalue weighted by molar-refractivity contribution is 8.00. The molecule has 6 nitrogen and oxygen atoms in total. The van der Waals surface area contributed by atoms with E-state index in [9.17, 15) is 14.5 Å². The monoisotopic (exact) mass is 405 g/mol. The second-order valence-corrected chi connectivity index (χ2v) is 8.21. The van der Waals surface area contributed by atoms with Crippen LogP contribution in [0.3, 0.4) is 0 Å². The number of alkyl halides is 1. The zero-order valence-corrected chi connectivity index (χ0v) is 16.0. The number of rotatable bonds is 4. The fourth-order valence-corrected chi connectivity index (χ4v) is 4.87. The van der Waals surface area contributed by atoms with Crippen molar-refractivity contribution in [2.45, 2.75) is 47.5 Å². The molecule has 6 atom stereocenters. The lowest BCUT2D eigenvalue weighted by molar-refractivity contribution is -0.598. The van der Waals surface area contributed by atoms with Crippen LogP contribution in [0.15, 0.2) is 65.6 Å². The summed E-state index contributed by atoms with van der Waals surface area (Å²) in [5.41, 5.74) is -0.944. The molecule has 2 heterocycles. The Balaban J connectivity index is 1.65. The number of hydrogen-bond donors (Lipinski definition) is 0. The van der Waals surface area contributed by atoms with Gasteiger partial charge in [-0.3, -0.25) is 10.1 Å². The minimum atomic E-state index is -1.82. The molecule has 0 saturated carbocycles. The lowest BCUT2D eigenvalue weighted by Crippen LogP contribution is -2.69. The summed E-state index contributed by atoms with van der Waals surface area (Å²) in [6, 6.07) is 18.2. The van der Waals surface area contributed by atoms with E-state index in [4.69, 9.17) is 14.2 Å². The molecular weight excluding hydrogens is 385 g/mol. The van der Waals surface area contributed by atoms with Crippen LogP contribution in [0.2, 0.25) is 0 Å². The molecule has 148 valence electrons. The lowest BCUT2D eigenvalue weighted by atomic mass is 9.84. The summed E-state index contributed by atoms with van der Waals surface area (Å²) in [6.45, 7) is 1.46. The molecule has 0 radical (unpaired) electrons. The summed E-state index contributed by atoms with van der Waals surface area (Å²) < 4.78 is 32.1. The molecule has 2 aliphatic heterocycles. The van der Waals surface area contributed by atoms with Gasteiger partial charge in [-0.05, 0) is 12.1 Å². The Morgan fingerprint density at radius 3 is 2.39 bits per heavy atom. The van der Waals surface area contributed by atoms with Crippen molar-refractivity contribution in [2.75, 3.05) is 6.61 Å². The van der Waals surface area contributed by atoms with Crippen LogP contribution in [0.1, 0.15) is 18.8 Å². The van der Waals surface area contributed by atoms with Crippen LogP contribution >= 0.6 is 11.8 Å². The highest BCUT2D eigenvalue weighted by Gasteiger charge is 2.65. The van der Waals surface area contributed by atoms with Crippen molar-refractivity contribution >= 4 is 11.8 Å². The van der Waals surface area contributed by atoms with Crippen molar-refractivity contribution in [3.05, 3.63) is 76.3 Å². The Kier molecular flexibility index (Phi) is 5.37. The second kappa shape index (κ2) is 7.79. The molecule has 2 fully saturated rings. The average molecular weight is 405 g/mol. The predicted molar refractivity (Wildman–Crippen MR) is 101 cm³/mol. The second-order valence-electron chi connectivity index (χ2n) is 6.99. The third-order valence-electron chi connectivity index (χ3n) is 5.19. The van der Waals surface area contributed by atoms with Crippen molar-refractivity contribution in [3.8, 4) is 0 Å². The molecule has 0 unspecified atom stereocenters. The van der Waals surface area contributed by atoms with E-state index in [0.29, 0.717) is 0 Å². The first-order valence-electron chi connectivity index (χ1n) is 8.98. The first-order chi connectivity index (χ1) is 13.5. The number of nitro groups is 1. The fraction of sp³-hybridized carbons (Fsp3) is 0.400. The molecule has 2 aromatic rings. The van der Waals surface area contributed by atoms with Crippen molar-refractivity contribution in [1.82, 2.24) is 0 Å². The van der Waals surface area contributed by atoms with Crippen molar-refractivity contribution in [2.24, 2.45) is 0 Å². The first kappa shape index (κ1) is 19.3. The van der Waals surface area contributed by atoms with Gasteiger partial charge in [0.1, 0.15) is 11.4 Å². The van der Waals surface area contributed by atoms with Crippen molar-refractivity contribution in [3.63, 3.8) is 0 Å². The Bertz CT molecular complexity index is 826. The number of nitrogens with zero attached hydrogens (tertiary/aromatic N) is 1. The van der Waals surface area contributed by atoms with Gasteiger partial charge in [-0.25, -0.2) is 4.39 Å². The van der Waals surface area contributed by atoms with Crippen LogP contribution in [0, 0.1) is 10.1 Å². The van der Waals surface area contributed by atoms with E-state index in [1.165, 1.54) is 6.92 Å². The van der Waals surface area contributed by atoms with Crippen molar-refractivity contribution < 1.29 is 23.5 Å². The lowest BCUT2D eigenvalue weighted by Gasteiger charge is -2.48. The smallest absolute Gasteiger partial charge is 0.265 e. The van der Waals surface area contributed by atoms with Gasteiger partial charge in [0.15, 0.2) is 12.4 Å². The molecular formula is C20H20FNO5S. The summed E-state index contributed by atoms with van der Waals surface area (Å²) in [5, 5.41) is 11.1. The van der Waals surface area contributed by atoms with Crippen LogP contribution in [0.4, 0.5) is 4.39 Å². The number of thioether (sulfide) groups is 1. The van der Waals surface area contributed by atoms with Gasteiger partial charge >= 0.3 is 0 Å². The number of ether oxygens (including phenoxy) is 3. The molecule has 0 N–H and O–H groups in total. The van der Waals surface area contributed by atoms with Gasteiger partial charge in [-0.2, -0.15) is 0 Å². The maximum absolute atomic E-state index is 14.9. The minimum absolute atomic E-state index is 0.0246. The SMILES string of the molecule is C[C@]1([N+](=O)[O-])[C@H](Sc2ccccc2)[C@@H](F)O[C@H]2CO[C@H](c3ccccc3)O[C@@H]21. The molecule has 2 saturated heterocycles. The quantitative estimate of drug-likeness (QED) is 0.566. The van der Waals surface area contributed by atoms with E-state index in [2.05, 4.69) is 0 Å². The van der Waals surface area contributed by atoms with Gasteiger partial charge < -0.3 is 14.2 Å². The normalized spacial score (nSPS) is 35.1. The van der Waals surface area contributed by atoms with E-state index < -0.39 is 40.6 Å². The van der Waals surface area contributed by atoms with Gasteiger partial charge in [0.25, 0.3) is 5.54 Å². The summed E-state index contributed by atoms with van der Waals surface area (Å²) in [4.78, 5) is 12.5. The zero-order chi connectivity index (χ0) is 19.7. The number of halogens is 1. The van der Waals surface area contributed by atoms with E-state index in [1.54, 1.807) is 12.1 Å². The molecule has 8 heteroatoms. The average Bonchev–Trinajstić information content (AvgIpc) is 2.72. The summed E-state index contributed by atoms with van der Waals surface area (Å²) in [7, 11) is 0. The van der Waals surface area contributed by atoms with E-state index in [1.807, 2.05) is 48.5 Å². The zero-order valence-electron chi connectivity index (χ0n) is 15.1. The van der Waals surface area contributed by atoms with Gasteiger partial charge in [-0.1, -0.05) is 48.5 Å². The summed E-state index contributed by atoms with van der Waals surface area (Å²) in [5.74, 6) is 0. The summed E-state index contributed by atoms with van der Waals surface area (Å²) >= 11 is 1.10. The molecule has 0 spiro atoms. The van der Waals surface area contributed by atoms with Gasteiger partial charge in [0, 0.05) is 22.3 Å². The molecule has 0 amide bonds. The highest BCUT2D eigenvalue weighted by Crippen LogP contribution is 2.46. The van der Waals surface area contributed by atoms with Crippen LogP contribution in [-0.2, 0) is 14.2 Å². The molecule has 2 aliphatic rings. The highest BCUT2D eigenvalue weighted by atomic mass is 32.2. The Hall–Kier alpha value is -2.00. The van der Waals surface area contributed by atoms with Crippen LogP contribution in [0.5, 0.6) is 0 Å². The van der Waals surface area contributed by atoms with Crippen LogP contribution < -0.4 is 0 Å². The number of benzene rings is 2. The minimum Gasteiger partial charge on any atom is -0.346 e. The van der Waals surface area contributed by atoms with Gasteiger partial charge in [-0.15, -0.1) is 11.8 Å². The predicted octanol–water partition coefficient (Wildman–Crippen LogP) is 3.99. The van der Waals surface area contributed by atoms with Crippen molar-refractivity contribution in [1.29, 1.82) is 0 Å². The molecule has 4 rings (SSSR count).